The second-order valence-corrected chi connectivity index (χ2v) is 3.41. The molecule has 0 saturated heterocycles. The van der Waals surface area contributed by atoms with Gasteiger partial charge in [0.2, 0.25) is 0 Å². The molecule has 0 amide bonds. The first-order valence-corrected chi connectivity index (χ1v) is 4.06. The summed E-state index contributed by atoms with van der Waals surface area (Å²) in [4.78, 5) is 0. The summed E-state index contributed by atoms with van der Waals surface area (Å²) in [6.07, 6.45) is 7.08. The maximum atomic E-state index is 2.28. The minimum absolute atomic E-state index is 0. The van der Waals surface area contributed by atoms with E-state index in [-0.39, 0.29) is 22.3 Å². The Labute approximate surface area is 85.8 Å². The SMILES string of the molecule is C.C.C.CC1=CC=C(C(C)C)CC1. The molecule has 0 aliphatic heterocycles. The monoisotopic (exact) mass is 184 g/mol. The van der Waals surface area contributed by atoms with E-state index in [2.05, 4.69) is 32.9 Å². The molecule has 1 aliphatic carbocycles. The minimum Gasteiger partial charge on any atom is -0.0776 e. The minimum atomic E-state index is 0. The highest BCUT2D eigenvalue weighted by Crippen LogP contribution is 2.23. The number of hydrogen-bond acceptors (Lipinski definition) is 0. The Bertz CT molecular complexity index is 170. The van der Waals surface area contributed by atoms with Gasteiger partial charge < -0.3 is 0 Å². The van der Waals surface area contributed by atoms with Crippen molar-refractivity contribution < 1.29 is 0 Å². The summed E-state index contributed by atoms with van der Waals surface area (Å²) in [7, 11) is 0. The topological polar surface area (TPSA) is 0 Å². The molecule has 0 radical (unpaired) electrons. The van der Waals surface area contributed by atoms with Crippen LogP contribution < -0.4 is 0 Å². The maximum Gasteiger partial charge on any atom is -0.0257 e. The van der Waals surface area contributed by atoms with Crippen LogP contribution >= 0.6 is 0 Å². The highest BCUT2D eigenvalue weighted by Gasteiger charge is 2.05. The Kier molecular flexibility index (Phi) is 11.4. The van der Waals surface area contributed by atoms with E-state index in [0.29, 0.717) is 0 Å². The summed E-state index contributed by atoms with van der Waals surface area (Å²) in [6, 6.07) is 0. The van der Waals surface area contributed by atoms with E-state index in [1.54, 1.807) is 5.57 Å². The molecule has 0 aromatic carbocycles. The third kappa shape index (κ3) is 5.68. The molecule has 1 rings (SSSR count). The Balaban J connectivity index is -0.000000333. The van der Waals surface area contributed by atoms with Crippen LogP contribution in [0.2, 0.25) is 0 Å². The van der Waals surface area contributed by atoms with E-state index in [0.717, 1.165) is 5.92 Å². The predicted octanol–water partition coefficient (Wildman–Crippen LogP) is 5.22. The Morgan fingerprint density at radius 2 is 1.54 bits per heavy atom. The molecule has 0 heteroatoms. The molecule has 80 valence electrons. The van der Waals surface area contributed by atoms with Crippen molar-refractivity contribution in [2.45, 2.75) is 55.9 Å². The van der Waals surface area contributed by atoms with Crippen molar-refractivity contribution in [1.82, 2.24) is 0 Å². The standard InChI is InChI=1S/C10H16.3CH4/c1-8(2)10-6-4-9(3)5-7-10;;;/h4,6,8H,5,7H2,1-3H3;3*1H4. The van der Waals surface area contributed by atoms with Crippen molar-refractivity contribution in [2.24, 2.45) is 5.92 Å². The summed E-state index contributed by atoms with van der Waals surface area (Å²) in [5, 5.41) is 0. The third-order valence-electron chi connectivity index (χ3n) is 2.13. The van der Waals surface area contributed by atoms with Crippen LogP contribution in [-0.4, -0.2) is 0 Å². The van der Waals surface area contributed by atoms with Crippen LogP contribution in [0.3, 0.4) is 0 Å². The molecule has 0 N–H and O–H groups in total. The second kappa shape index (κ2) is 8.10. The van der Waals surface area contributed by atoms with Gasteiger partial charge in [-0.25, -0.2) is 0 Å². The highest BCUT2D eigenvalue weighted by atomic mass is 14.1. The zero-order chi connectivity index (χ0) is 7.56. The first kappa shape index (κ1) is 18.3. The van der Waals surface area contributed by atoms with Crippen LogP contribution in [0, 0.1) is 5.92 Å². The van der Waals surface area contributed by atoms with Gasteiger partial charge in [-0.05, 0) is 25.7 Å². The average molecular weight is 184 g/mol. The first-order chi connectivity index (χ1) is 4.70. The van der Waals surface area contributed by atoms with Gasteiger partial charge in [0.15, 0.2) is 0 Å². The summed E-state index contributed by atoms with van der Waals surface area (Å²) in [5.74, 6) is 0.740. The lowest BCUT2D eigenvalue weighted by molar-refractivity contribution is 0.700. The highest BCUT2D eigenvalue weighted by molar-refractivity contribution is 5.23. The van der Waals surface area contributed by atoms with Gasteiger partial charge in [-0.15, -0.1) is 0 Å². The van der Waals surface area contributed by atoms with Crippen molar-refractivity contribution in [3.63, 3.8) is 0 Å². The molecule has 1 aliphatic rings. The van der Waals surface area contributed by atoms with E-state index >= 15 is 0 Å². The molecule has 0 bridgehead atoms. The van der Waals surface area contributed by atoms with Gasteiger partial charge >= 0.3 is 0 Å². The molecular weight excluding hydrogens is 156 g/mol. The fourth-order valence-corrected chi connectivity index (χ4v) is 1.24. The zero-order valence-electron chi connectivity index (χ0n) is 7.15. The molecule has 13 heavy (non-hydrogen) atoms. The van der Waals surface area contributed by atoms with Gasteiger partial charge in [0, 0.05) is 0 Å². The smallest absolute Gasteiger partial charge is 0.0257 e. The fraction of sp³-hybridized carbons (Fsp3) is 0.692. The first-order valence-electron chi connectivity index (χ1n) is 4.06. The van der Waals surface area contributed by atoms with E-state index < -0.39 is 0 Å². The third-order valence-corrected chi connectivity index (χ3v) is 2.13. The Morgan fingerprint density at radius 3 is 1.85 bits per heavy atom. The van der Waals surface area contributed by atoms with E-state index in [9.17, 15) is 0 Å². The van der Waals surface area contributed by atoms with Crippen molar-refractivity contribution in [1.29, 1.82) is 0 Å². The summed E-state index contributed by atoms with van der Waals surface area (Å²) in [5.41, 5.74) is 3.12. The Morgan fingerprint density at radius 1 is 1.00 bits per heavy atom. The molecule has 0 atom stereocenters. The number of rotatable bonds is 1. The maximum absolute atomic E-state index is 2.28. The van der Waals surface area contributed by atoms with Gasteiger partial charge in [0.25, 0.3) is 0 Å². The van der Waals surface area contributed by atoms with Crippen molar-refractivity contribution in [3.05, 3.63) is 23.3 Å². The van der Waals surface area contributed by atoms with Crippen LogP contribution in [0.25, 0.3) is 0 Å². The molecule has 0 aromatic rings. The van der Waals surface area contributed by atoms with Crippen LogP contribution in [0.4, 0.5) is 0 Å². The van der Waals surface area contributed by atoms with Gasteiger partial charge in [-0.1, -0.05) is 59.4 Å². The lowest BCUT2D eigenvalue weighted by Crippen LogP contribution is -1.97. The van der Waals surface area contributed by atoms with E-state index in [1.165, 1.54) is 18.4 Å². The summed E-state index contributed by atoms with van der Waals surface area (Å²) >= 11 is 0. The summed E-state index contributed by atoms with van der Waals surface area (Å²) in [6.45, 7) is 6.73. The van der Waals surface area contributed by atoms with Gasteiger partial charge in [-0.3, -0.25) is 0 Å². The number of hydrogen-bond donors (Lipinski definition) is 0. The van der Waals surface area contributed by atoms with Crippen molar-refractivity contribution in [3.8, 4) is 0 Å². The molecule has 0 spiro atoms. The normalized spacial score (nSPS) is 14.5. The van der Waals surface area contributed by atoms with E-state index in [1.807, 2.05) is 0 Å². The Hall–Kier alpha value is -0.520. The lowest BCUT2D eigenvalue weighted by atomic mass is 9.92. The predicted molar refractivity (Wildman–Crippen MR) is 66.1 cm³/mol. The largest absolute Gasteiger partial charge is 0.0776 e. The summed E-state index contributed by atoms with van der Waals surface area (Å²) < 4.78 is 0. The molecule has 0 fully saturated rings. The molecule has 0 aromatic heterocycles. The van der Waals surface area contributed by atoms with Gasteiger partial charge in [0.1, 0.15) is 0 Å². The zero-order valence-corrected chi connectivity index (χ0v) is 7.15. The van der Waals surface area contributed by atoms with Gasteiger partial charge in [-0.2, -0.15) is 0 Å². The number of allylic oxidation sites excluding steroid dienone is 4. The molecule has 0 saturated carbocycles. The van der Waals surface area contributed by atoms with Crippen LogP contribution in [0.1, 0.15) is 55.9 Å². The van der Waals surface area contributed by atoms with Crippen LogP contribution in [0.5, 0.6) is 0 Å². The van der Waals surface area contributed by atoms with Gasteiger partial charge in [0.05, 0.1) is 0 Å². The molecule has 0 heterocycles. The fourth-order valence-electron chi connectivity index (χ4n) is 1.24. The van der Waals surface area contributed by atoms with Crippen LogP contribution in [-0.2, 0) is 0 Å². The molecular formula is C13H28. The molecule has 0 nitrogen and oxygen atoms in total. The quantitative estimate of drug-likeness (QED) is 0.524. The van der Waals surface area contributed by atoms with Crippen molar-refractivity contribution >= 4 is 0 Å². The molecule has 0 unspecified atom stereocenters. The van der Waals surface area contributed by atoms with E-state index in [4.69, 9.17) is 0 Å². The van der Waals surface area contributed by atoms with Crippen LogP contribution in [0.15, 0.2) is 23.3 Å². The second-order valence-electron chi connectivity index (χ2n) is 3.41. The lowest BCUT2D eigenvalue weighted by Gasteiger charge is -2.14. The average Bonchev–Trinajstić information content (AvgIpc) is 1.88. The van der Waals surface area contributed by atoms with Crippen molar-refractivity contribution in [2.75, 3.05) is 0 Å².